The second-order valence-corrected chi connectivity index (χ2v) is 5.40. The van der Waals surface area contributed by atoms with Gasteiger partial charge in [-0.25, -0.2) is 4.98 Å². The number of hydrogen-bond acceptors (Lipinski definition) is 5. The van der Waals surface area contributed by atoms with E-state index in [1.54, 1.807) is 23.5 Å². The average molecular weight is 277 g/mol. The maximum atomic E-state index is 10.9. The van der Waals surface area contributed by atoms with Crippen LogP contribution in [-0.4, -0.2) is 9.91 Å². The van der Waals surface area contributed by atoms with Gasteiger partial charge in [-0.05, 0) is 25.0 Å². The highest BCUT2D eigenvalue weighted by molar-refractivity contribution is 7.11. The minimum Gasteiger partial charge on any atom is -0.373 e. The zero-order chi connectivity index (χ0) is 13.8. The lowest BCUT2D eigenvalue weighted by molar-refractivity contribution is -0.384. The Morgan fingerprint density at radius 1 is 1.47 bits per heavy atom. The first-order valence-corrected chi connectivity index (χ1v) is 6.84. The molecule has 2 aromatic rings. The van der Waals surface area contributed by atoms with Gasteiger partial charge in [-0.1, -0.05) is 13.0 Å². The van der Waals surface area contributed by atoms with Crippen LogP contribution in [-0.2, 0) is 13.0 Å². The number of rotatable bonds is 5. The molecule has 0 aliphatic heterocycles. The fourth-order valence-corrected chi connectivity index (χ4v) is 2.52. The van der Waals surface area contributed by atoms with Gasteiger partial charge in [0, 0.05) is 17.1 Å². The Labute approximate surface area is 115 Å². The predicted octanol–water partition coefficient (Wildman–Crippen LogP) is 3.53. The predicted molar refractivity (Wildman–Crippen MR) is 76.7 cm³/mol. The van der Waals surface area contributed by atoms with Crippen molar-refractivity contribution in [2.75, 3.05) is 5.32 Å². The summed E-state index contributed by atoms with van der Waals surface area (Å²) in [5, 5.41) is 15.0. The molecule has 0 aliphatic rings. The number of thiazole rings is 1. The normalized spacial score (nSPS) is 10.4. The van der Waals surface area contributed by atoms with Crippen molar-refractivity contribution in [3.8, 4) is 0 Å². The number of aromatic nitrogens is 1. The molecular formula is C13H15N3O2S. The van der Waals surface area contributed by atoms with Crippen LogP contribution in [0.25, 0.3) is 0 Å². The maximum absolute atomic E-state index is 10.9. The van der Waals surface area contributed by atoms with Crippen molar-refractivity contribution in [3.63, 3.8) is 0 Å². The third-order valence-electron chi connectivity index (χ3n) is 2.73. The molecule has 0 radical (unpaired) electrons. The van der Waals surface area contributed by atoms with Gasteiger partial charge in [0.2, 0.25) is 0 Å². The summed E-state index contributed by atoms with van der Waals surface area (Å²) in [4.78, 5) is 16.1. The summed E-state index contributed by atoms with van der Waals surface area (Å²) < 4.78 is 0. The Kier molecular flexibility index (Phi) is 4.11. The van der Waals surface area contributed by atoms with E-state index in [-0.39, 0.29) is 10.6 Å². The molecule has 0 amide bonds. The Balaban J connectivity index is 2.14. The first-order chi connectivity index (χ1) is 9.10. The van der Waals surface area contributed by atoms with E-state index in [4.69, 9.17) is 0 Å². The molecule has 0 saturated heterocycles. The van der Waals surface area contributed by atoms with Crippen LogP contribution < -0.4 is 5.32 Å². The minimum atomic E-state index is -0.374. The van der Waals surface area contributed by atoms with Crippen molar-refractivity contribution in [2.45, 2.75) is 26.8 Å². The second-order valence-electron chi connectivity index (χ2n) is 4.21. The van der Waals surface area contributed by atoms with Crippen LogP contribution in [0.15, 0.2) is 24.4 Å². The Hall–Kier alpha value is -1.95. The number of benzene rings is 1. The number of nitro groups is 1. The lowest BCUT2D eigenvalue weighted by Gasteiger charge is -2.06. The van der Waals surface area contributed by atoms with E-state index in [9.17, 15) is 10.1 Å². The van der Waals surface area contributed by atoms with Crippen molar-refractivity contribution in [3.05, 3.63) is 50.0 Å². The van der Waals surface area contributed by atoms with E-state index >= 15 is 0 Å². The Morgan fingerprint density at radius 2 is 2.26 bits per heavy atom. The molecule has 0 unspecified atom stereocenters. The third-order valence-corrected chi connectivity index (χ3v) is 3.87. The van der Waals surface area contributed by atoms with E-state index in [0.29, 0.717) is 12.2 Å². The van der Waals surface area contributed by atoms with Gasteiger partial charge in [0.1, 0.15) is 10.7 Å². The molecule has 1 N–H and O–H groups in total. The number of anilines is 1. The molecule has 0 fully saturated rings. The summed E-state index contributed by atoms with van der Waals surface area (Å²) in [7, 11) is 0. The molecule has 0 atom stereocenters. The van der Waals surface area contributed by atoms with Crippen LogP contribution in [0.4, 0.5) is 11.4 Å². The van der Waals surface area contributed by atoms with Crippen LogP contribution in [0.1, 0.15) is 22.4 Å². The smallest absolute Gasteiger partial charge is 0.292 e. The van der Waals surface area contributed by atoms with Gasteiger partial charge < -0.3 is 5.32 Å². The Morgan fingerprint density at radius 3 is 2.89 bits per heavy atom. The van der Waals surface area contributed by atoms with E-state index in [1.165, 1.54) is 10.9 Å². The summed E-state index contributed by atoms with van der Waals surface area (Å²) in [5.74, 6) is 0. The minimum absolute atomic E-state index is 0.0953. The molecule has 0 aliphatic carbocycles. The summed E-state index contributed by atoms with van der Waals surface area (Å²) in [5.41, 5.74) is 1.62. The molecule has 100 valence electrons. The van der Waals surface area contributed by atoms with Crippen LogP contribution >= 0.6 is 11.3 Å². The van der Waals surface area contributed by atoms with Gasteiger partial charge in [0.05, 0.1) is 11.5 Å². The molecule has 5 nitrogen and oxygen atoms in total. The quantitative estimate of drug-likeness (QED) is 0.670. The molecule has 1 aromatic carbocycles. The van der Waals surface area contributed by atoms with Crippen molar-refractivity contribution >= 4 is 22.7 Å². The first kappa shape index (κ1) is 13.5. The topological polar surface area (TPSA) is 68.1 Å². The van der Waals surface area contributed by atoms with E-state index < -0.39 is 0 Å². The fourth-order valence-electron chi connectivity index (χ4n) is 1.71. The van der Waals surface area contributed by atoms with Crippen molar-refractivity contribution in [2.24, 2.45) is 0 Å². The summed E-state index contributed by atoms with van der Waals surface area (Å²) in [6.45, 7) is 4.50. The van der Waals surface area contributed by atoms with Gasteiger partial charge in [0.15, 0.2) is 0 Å². The molecule has 1 heterocycles. The summed E-state index contributed by atoms with van der Waals surface area (Å²) in [6, 6.07) is 5.05. The molecule has 0 saturated carbocycles. The van der Waals surface area contributed by atoms with Gasteiger partial charge >= 0.3 is 0 Å². The highest BCUT2D eigenvalue weighted by atomic mass is 32.1. The molecular weight excluding hydrogens is 262 g/mol. The first-order valence-electron chi connectivity index (χ1n) is 6.02. The highest BCUT2D eigenvalue weighted by Gasteiger charge is 2.13. The second kappa shape index (κ2) is 5.79. The average Bonchev–Trinajstić information content (AvgIpc) is 2.84. The number of hydrogen-bond donors (Lipinski definition) is 1. The van der Waals surface area contributed by atoms with Gasteiger partial charge in [-0.15, -0.1) is 11.3 Å². The van der Waals surface area contributed by atoms with E-state index in [2.05, 4.69) is 17.2 Å². The number of nitrogens with one attached hydrogen (secondary N) is 1. The van der Waals surface area contributed by atoms with Crippen LogP contribution in [0.2, 0.25) is 0 Å². The third kappa shape index (κ3) is 3.29. The molecule has 0 spiro atoms. The largest absolute Gasteiger partial charge is 0.373 e. The SMILES string of the molecule is CCc1cnc(CNc2cc(C)ccc2[N+](=O)[O-])s1. The van der Waals surface area contributed by atoms with Gasteiger partial charge in [-0.3, -0.25) is 10.1 Å². The van der Waals surface area contributed by atoms with E-state index in [1.807, 2.05) is 13.1 Å². The van der Waals surface area contributed by atoms with Crippen LogP contribution in [0, 0.1) is 17.0 Å². The summed E-state index contributed by atoms with van der Waals surface area (Å²) in [6.07, 6.45) is 2.81. The number of nitrogens with zero attached hydrogens (tertiary/aromatic N) is 2. The van der Waals surface area contributed by atoms with E-state index in [0.717, 1.165) is 17.0 Å². The fraction of sp³-hybridized carbons (Fsp3) is 0.308. The molecule has 6 heteroatoms. The lowest BCUT2D eigenvalue weighted by Crippen LogP contribution is -2.02. The van der Waals surface area contributed by atoms with Crippen molar-refractivity contribution < 1.29 is 4.92 Å². The molecule has 0 bridgehead atoms. The highest BCUT2D eigenvalue weighted by Crippen LogP contribution is 2.26. The number of aryl methyl sites for hydroxylation is 2. The van der Waals surface area contributed by atoms with Crippen LogP contribution in [0.5, 0.6) is 0 Å². The molecule has 19 heavy (non-hydrogen) atoms. The standard InChI is InChI=1S/C13H15N3O2S/c1-3-10-7-15-13(19-10)8-14-11-6-9(2)4-5-12(11)16(17)18/h4-7,14H,3,8H2,1-2H3. The summed E-state index contributed by atoms with van der Waals surface area (Å²) >= 11 is 1.63. The zero-order valence-electron chi connectivity index (χ0n) is 10.8. The monoisotopic (exact) mass is 277 g/mol. The molecule has 1 aromatic heterocycles. The van der Waals surface area contributed by atoms with Crippen LogP contribution in [0.3, 0.4) is 0 Å². The van der Waals surface area contributed by atoms with Crippen molar-refractivity contribution in [1.29, 1.82) is 0 Å². The lowest BCUT2D eigenvalue weighted by atomic mass is 10.2. The van der Waals surface area contributed by atoms with Gasteiger partial charge in [0.25, 0.3) is 5.69 Å². The molecule has 2 rings (SSSR count). The van der Waals surface area contributed by atoms with Crippen molar-refractivity contribution in [1.82, 2.24) is 4.98 Å². The zero-order valence-corrected chi connectivity index (χ0v) is 11.7. The van der Waals surface area contributed by atoms with Gasteiger partial charge in [-0.2, -0.15) is 0 Å². The Bertz CT molecular complexity index is 595. The number of nitro benzene ring substituents is 1. The maximum Gasteiger partial charge on any atom is 0.292 e.